The normalized spacial score (nSPS) is 12.0. The van der Waals surface area contributed by atoms with Crippen molar-refractivity contribution in [3.8, 4) is 0 Å². The fourth-order valence-corrected chi connectivity index (χ4v) is 2.60. The number of hydrogen-bond acceptors (Lipinski definition) is 4. The molecule has 7 heteroatoms. The van der Waals surface area contributed by atoms with E-state index in [0.29, 0.717) is 17.1 Å². The third kappa shape index (κ3) is 4.31. The predicted octanol–water partition coefficient (Wildman–Crippen LogP) is 3.28. The van der Waals surface area contributed by atoms with Crippen LogP contribution in [-0.4, -0.2) is 36.4 Å². The molecule has 0 unspecified atom stereocenters. The van der Waals surface area contributed by atoms with Crippen LogP contribution in [0.4, 0.5) is 5.69 Å². The topological polar surface area (TPSA) is 75.5 Å². The Hall–Kier alpha value is -2.44. The Morgan fingerprint density at radius 2 is 1.83 bits per heavy atom. The lowest BCUT2D eigenvalue weighted by Gasteiger charge is -2.26. The maximum absolute atomic E-state index is 12.2. The second-order valence-corrected chi connectivity index (χ2v) is 5.92. The molecule has 0 fully saturated rings. The Morgan fingerprint density at radius 1 is 1.21 bits per heavy atom. The van der Waals surface area contributed by atoms with Gasteiger partial charge in [-0.3, -0.25) is 14.9 Å². The van der Waals surface area contributed by atoms with E-state index >= 15 is 0 Å². The summed E-state index contributed by atoms with van der Waals surface area (Å²) in [4.78, 5) is 24.4. The van der Waals surface area contributed by atoms with Gasteiger partial charge in [-0.25, -0.2) is 0 Å². The van der Waals surface area contributed by atoms with Gasteiger partial charge in [0.2, 0.25) is 0 Å². The number of hydrogen-bond donors (Lipinski definition) is 1. The molecule has 0 spiro atoms. The molecular weight excluding hydrogens is 330 g/mol. The van der Waals surface area contributed by atoms with Gasteiger partial charge in [0.05, 0.1) is 11.0 Å². The van der Waals surface area contributed by atoms with Crippen molar-refractivity contribution in [2.24, 2.45) is 0 Å². The fourth-order valence-electron chi connectivity index (χ4n) is 2.34. The van der Waals surface area contributed by atoms with Crippen molar-refractivity contribution in [1.82, 2.24) is 10.2 Å². The molecule has 24 heavy (non-hydrogen) atoms. The molecule has 1 atom stereocenters. The minimum atomic E-state index is -0.499. The van der Waals surface area contributed by atoms with Crippen molar-refractivity contribution in [3.63, 3.8) is 0 Å². The standard InChI is InChI=1S/C17H18ClN3O3/c1-20(2)16(14-5-3-4-6-15(14)18)11-19-17(22)12-7-9-13(10-8-12)21(23)24/h3-10,16H,11H2,1-2H3,(H,19,22)/t16-/m0/s1. The molecule has 126 valence electrons. The van der Waals surface area contributed by atoms with E-state index in [-0.39, 0.29) is 17.6 Å². The van der Waals surface area contributed by atoms with E-state index in [1.165, 1.54) is 24.3 Å². The number of non-ortho nitro benzene ring substituents is 1. The van der Waals surface area contributed by atoms with Crippen LogP contribution in [0.15, 0.2) is 48.5 Å². The summed E-state index contributed by atoms with van der Waals surface area (Å²) >= 11 is 6.24. The van der Waals surface area contributed by atoms with Gasteiger partial charge in [-0.05, 0) is 37.9 Å². The summed E-state index contributed by atoms with van der Waals surface area (Å²) in [5, 5.41) is 14.1. The number of carbonyl (C=O) groups is 1. The van der Waals surface area contributed by atoms with E-state index in [1.807, 2.05) is 43.3 Å². The second kappa shape index (κ2) is 7.90. The summed E-state index contributed by atoms with van der Waals surface area (Å²) in [5.74, 6) is -0.288. The predicted molar refractivity (Wildman–Crippen MR) is 93.3 cm³/mol. The molecule has 0 bridgehead atoms. The molecule has 0 aliphatic heterocycles. The lowest BCUT2D eigenvalue weighted by molar-refractivity contribution is -0.384. The zero-order valence-electron chi connectivity index (χ0n) is 13.4. The van der Waals surface area contributed by atoms with Gasteiger partial charge in [-0.2, -0.15) is 0 Å². The SMILES string of the molecule is CN(C)[C@@H](CNC(=O)c1ccc([N+](=O)[O-])cc1)c1ccccc1Cl. The van der Waals surface area contributed by atoms with Crippen molar-refractivity contribution in [1.29, 1.82) is 0 Å². The molecule has 0 saturated carbocycles. The number of carbonyl (C=O) groups excluding carboxylic acids is 1. The molecular formula is C17H18ClN3O3. The lowest BCUT2D eigenvalue weighted by Crippen LogP contribution is -2.34. The first-order chi connectivity index (χ1) is 11.4. The number of likely N-dealkylation sites (N-methyl/N-ethyl adjacent to an activating group) is 1. The summed E-state index contributed by atoms with van der Waals surface area (Å²) in [6, 6.07) is 12.9. The van der Waals surface area contributed by atoms with Gasteiger partial charge in [-0.15, -0.1) is 0 Å². The average Bonchev–Trinajstić information content (AvgIpc) is 2.56. The van der Waals surface area contributed by atoms with Crippen LogP contribution in [0.3, 0.4) is 0 Å². The minimum Gasteiger partial charge on any atom is -0.350 e. The highest BCUT2D eigenvalue weighted by Crippen LogP contribution is 2.25. The molecule has 0 aliphatic carbocycles. The molecule has 2 aromatic carbocycles. The Kier molecular flexibility index (Phi) is 5.89. The third-order valence-corrected chi connectivity index (χ3v) is 4.03. The smallest absolute Gasteiger partial charge is 0.269 e. The van der Waals surface area contributed by atoms with Crippen LogP contribution >= 0.6 is 11.6 Å². The molecule has 1 N–H and O–H groups in total. The van der Waals surface area contributed by atoms with Crippen LogP contribution in [0.25, 0.3) is 0 Å². The molecule has 0 heterocycles. The molecule has 2 aromatic rings. The number of nitro benzene ring substituents is 1. The van der Waals surface area contributed by atoms with Gasteiger partial charge in [0, 0.05) is 29.3 Å². The van der Waals surface area contributed by atoms with Crippen LogP contribution in [0.1, 0.15) is 22.0 Å². The lowest BCUT2D eigenvalue weighted by atomic mass is 10.1. The van der Waals surface area contributed by atoms with Crippen LogP contribution in [0.2, 0.25) is 5.02 Å². The third-order valence-electron chi connectivity index (χ3n) is 3.68. The molecule has 1 amide bonds. The van der Waals surface area contributed by atoms with Crippen molar-refractivity contribution in [2.75, 3.05) is 20.6 Å². The zero-order chi connectivity index (χ0) is 17.7. The van der Waals surface area contributed by atoms with Crippen LogP contribution in [-0.2, 0) is 0 Å². The number of nitrogens with zero attached hydrogens (tertiary/aromatic N) is 2. The Labute approximate surface area is 145 Å². The summed E-state index contributed by atoms with van der Waals surface area (Å²) in [7, 11) is 3.82. The van der Waals surface area contributed by atoms with Crippen LogP contribution < -0.4 is 5.32 Å². The number of nitrogens with one attached hydrogen (secondary N) is 1. The van der Waals surface area contributed by atoms with E-state index in [9.17, 15) is 14.9 Å². The molecule has 6 nitrogen and oxygen atoms in total. The van der Waals surface area contributed by atoms with Gasteiger partial charge >= 0.3 is 0 Å². The quantitative estimate of drug-likeness (QED) is 0.642. The summed E-state index contributed by atoms with van der Waals surface area (Å²) in [6.07, 6.45) is 0. The number of benzene rings is 2. The zero-order valence-corrected chi connectivity index (χ0v) is 14.2. The summed E-state index contributed by atoms with van der Waals surface area (Å²) in [5.41, 5.74) is 1.25. The van der Waals surface area contributed by atoms with Gasteiger partial charge < -0.3 is 10.2 Å². The minimum absolute atomic E-state index is 0.0474. The molecule has 2 rings (SSSR count). The molecule has 0 radical (unpaired) electrons. The first-order valence-electron chi connectivity index (χ1n) is 7.33. The molecule has 0 aliphatic rings. The van der Waals surface area contributed by atoms with E-state index in [2.05, 4.69) is 5.32 Å². The van der Waals surface area contributed by atoms with Crippen molar-refractivity contribution in [2.45, 2.75) is 6.04 Å². The van der Waals surface area contributed by atoms with E-state index in [0.717, 1.165) is 5.56 Å². The van der Waals surface area contributed by atoms with Crippen molar-refractivity contribution in [3.05, 3.63) is 74.8 Å². The summed E-state index contributed by atoms with van der Waals surface area (Å²) in [6.45, 7) is 0.368. The first kappa shape index (κ1) is 17.9. The Bertz CT molecular complexity index is 732. The number of amides is 1. The number of halogens is 1. The van der Waals surface area contributed by atoms with Crippen LogP contribution in [0, 0.1) is 10.1 Å². The van der Waals surface area contributed by atoms with E-state index < -0.39 is 4.92 Å². The monoisotopic (exact) mass is 347 g/mol. The Morgan fingerprint density at radius 3 is 2.38 bits per heavy atom. The second-order valence-electron chi connectivity index (χ2n) is 5.51. The van der Waals surface area contributed by atoms with E-state index in [4.69, 9.17) is 11.6 Å². The molecule has 0 saturated heterocycles. The number of nitro groups is 1. The Balaban J connectivity index is 2.08. The highest BCUT2D eigenvalue weighted by Gasteiger charge is 2.18. The van der Waals surface area contributed by atoms with E-state index in [1.54, 1.807) is 0 Å². The maximum Gasteiger partial charge on any atom is 0.269 e. The number of rotatable bonds is 6. The highest BCUT2D eigenvalue weighted by molar-refractivity contribution is 6.31. The maximum atomic E-state index is 12.2. The van der Waals surface area contributed by atoms with Gasteiger partial charge in [0.15, 0.2) is 0 Å². The highest BCUT2D eigenvalue weighted by atomic mass is 35.5. The average molecular weight is 348 g/mol. The summed E-state index contributed by atoms with van der Waals surface area (Å²) < 4.78 is 0. The van der Waals surface area contributed by atoms with Crippen LogP contribution in [0.5, 0.6) is 0 Å². The largest absolute Gasteiger partial charge is 0.350 e. The van der Waals surface area contributed by atoms with Crippen molar-refractivity contribution < 1.29 is 9.72 Å². The molecule has 0 aromatic heterocycles. The van der Waals surface area contributed by atoms with Gasteiger partial charge in [-0.1, -0.05) is 29.8 Å². The van der Waals surface area contributed by atoms with Crippen molar-refractivity contribution >= 4 is 23.2 Å². The fraction of sp³-hybridized carbons (Fsp3) is 0.235. The van der Waals surface area contributed by atoms with Gasteiger partial charge in [0.1, 0.15) is 0 Å². The first-order valence-corrected chi connectivity index (χ1v) is 7.71. The van der Waals surface area contributed by atoms with Gasteiger partial charge in [0.25, 0.3) is 11.6 Å².